The van der Waals surface area contributed by atoms with Crippen LogP contribution >= 0.6 is 15.6 Å². The van der Waals surface area contributed by atoms with Crippen molar-refractivity contribution in [2.45, 2.75) is 65.4 Å². The summed E-state index contributed by atoms with van der Waals surface area (Å²) in [5.74, 6) is 0. The van der Waals surface area contributed by atoms with Crippen LogP contribution in [-0.4, -0.2) is 31.8 Å². The second-order valence-corrected chi connectivity index (χ2v) is 7.75. The Morgan fingerprint density at radius 3 is 1.55 bits per heavy atom. The van der Waals surface area contributed by atoms with Gasteiger partial charge in [0.2, 0.25) is 0 Å². The molecule has 0 aliphatic heterocycles. The summed E-state index contributed by atoms with van der Waals surface area (Å²) in [6, 6.07) is 0. The first-order valence-electron chi connectivity index (χ1n) is 7.37. The zero-order valence-electron chi connectivity index (χ0n) is 13.6. The van der Waals surface area contributed by atoms with Gasteiger partial charge in [-0.25, -0.2) is 9.13 Å². The maximum Gasteiger partial charge on any atom is 0.470 e. The first-order chi connectivity index (χ1) is 9.91. The molecule has 0 saturated carbocycles. The van der Waals surface area contributed by atoms with E-state index in [-0.39, 0.29) is 13.0 Å². The van der Waals surface area contributed by atoms with Crippen molar-refractivity contribution in [3.8, 4) is 0 Å². The van der Waals surface area contributed by atoms with E-state index in [1.807, 2.05) is 13.8 Å². The summed E-state index contributed by atoms with van der Waals surface area (Å²) in [5, 5.41) is 0. The number of phosphoric acid groups is 2. The molecule has 0 aromatic carbocycles. The van der Waals surface area contributed by atoms with Gasteiger partial charge >= 0.3 is 15.6 Å². The highest BCUT2D eigenvalue weighted by atomic mass is 31.2. The molecule has 4 N–H and O–H groups in total. The zero-order chi connectivity index (χ0) is 17.7. The molecule has 22 heavy (non-hydrogen) atoms. The van der Waals surface area contributed by atoms with E-state index in [0.717, 1.165) is 0 Å². The minimum atomic E-state index is -4.70. The molecule has 0 aliphatic rings. The zero-order valence-corrected chi connectivity index (χ0v) is 15.3. The van der Waals surface area contributed by atoms with Gasteiger partial charge in [-0.3, -0.25) is 9.05 Å². The maximum atomic E-state index is 11.4. The highest BCUT2D eigenvalue weighted by molar-refractivity contribution is 7.46. The van der Waals surface area contributed by atoms with Gasteiger partial charge in [0.1, 0.15) is 0 Å². The third-order valence-electron chi connectivity index (χ3n) is 4.60. The van der Waals surface area contributed by atoms with Gasteiger partial charge in [-0.05, 0) is 32.1 Å². The van der Waals surface area contributed by atoms with Gasteiger partial charge in [-0.2, -0.15) is 0 Å². The van der Waals surface area contributed by atoms with Crippen molar-refractivity contribution in [2.24, 2.45) is 5.41 Å². The Balaban J connectivity index is 5.52. The molecule has 0 atom stereocenters. The fourth-order valence-corrected chi connectivity index (χ4v) is 4.53. The van der Waals surface area contributed by atoms with Crippen molar-refractivity contribution in [3.05, 3.63) is 0 Å². The highest BCUT2D eigenvalue weighted by Crippen LogP contribution is 2.55. The van der Waals surface area contributed by atoms with E-state index in [2.05, 4.69) is 4.52 Å². The summed E-state index contributed by atoms with van der Waals surface area (Å²) in [5.41, 5.74) is -1.75. The molecule has 8 nitrogen and oxygen atoms in total. The Kier molecular flexibility index (Phi) is 8.44. The van der Waals surface area contributed by atoms with Crippen molar-refractivity contribution in [2.75, 3.05) is 6.61 Å². The van der Waals surface area contributed by atoms with E-state index in [0.29, 0.717) is 25.7 Å². The summed E-state index contributed by atoms with van der Waals surface area (Å²) < 4.78 is 31.9. The highest BCUT2D eigenvalue weighted by Gasteiger charge is 2.51. The van der Waals surface area contributed by atoms with Gasteiger partial charge in [-0.15, -0.1) is 0 Å². The normalized spacial score (nSPS) is 14.4. The predicted molar refractivity (Wildman–Crippen MR) is 82.1 cm³/mol. The van der Waals surface area contributed by atoms with E-state index >= 15 is 0 Å². The molecule has 0 bridgehead atoms. The smallest absolute Gasteiger partial charge is 0.303 e. The molecule has 0 spiro atoms. The van der Waals surface area contributed by atoms with Crippen LogP contribution in [0.15, 0.2) is 0 Å². The second-order valence-electron chi connectivity index (χ2n) is 5.34. The first kappa shape index (κ1) is 22.2. The Labute approximate surface area is 131 Å². The lowest BCUT2D eigenvalue weighted by Crippen LogP contribution is -2.49. The first-order valence-corrected chi connectivity index (χ1v) is 10.4. The number of phosphoric ester groups is 2. The molecular weight excluding hydrogens is 334 g/mol. The van der Waals surface area contributed by atoms with Crippen molar-refractivity contribution in [1.29, 1.82) is 0 Å². The van der Waals surface area contributed by atoms with E-state index in [1.54, 1.807) is 13.8 Å². The Morgan fingerprint density at radius 2 is 1.27 bits per heavy atom. The van der Waals surface area contributed by atoms with Crippen LogP contribution in [0.25, 0.3) is 0 Å². The molecule has 0 radical (unpaired) electrons. The van der Waals surface area contributed by atoms with E-state index in [9.17, 15) is 18.9 Å². The van der Waals surface area contributed by atoms with Crippen LogP contribution in [-0.2, 0) is 18.2 Å². The van der Waals surface area contributed by atoms with Gasteiger partial charge in [0.05, 0.1) is 12.2 Å². The van der Waals surface area contributed by atoms with Crippen LogP contribution in [0, 0.1) is 5.41 Å². The molecule has 0 saturated heterocycles. The van der Waals surface area contributed by atoms with Crippen LogP contribution in [0.3, 0.4) is 0 Å². The summed E-state index contributed by atoms with van der Waals surface area (Å²) in [7, 11) is -9.28. The molecule has 0 rings (SSSR count). The number of hydrogen-bond acceptors (Lipinski definition) is 4. The van der Waals surface area contributed by atoms with E-state index in [4.69, 9.17) is 14.3 Å². The molecule has 0 heterocycles. The van der Waals surface area contributed by atoms with Crippen LogP contribution in [0.2, 0.25) is 0 Å². The molecule has 0 amide bonds. The van der Waals surface area contributed by atoms with Crippen LogP contribution < -0.4 is 0 Å². The number of hydrogen-bond donors (Lipinski definition) is 4. The average molecular weight is 362 g/mol. The Morgan fingerprint density at radius 1 is 0.818 bits per heavy atom. The minimum Gasteiger partial charge on any atom is -0.303 e. The average Bonchev–Trinajstić information content (AvgIpc) is 2.39. The van der Waals surface area contributed by atoms with Gasteiger partial charge in [0.25, 0.3) is 0 Å². The van der Waals surface area contributed by atoms with E-state index in [1.165, 1.54) is 0 Å². The van der Waals surface area contributed by atoms with Crippen molar-refractivity contribution in [1.82, 2.24) is 0 Å². The summed E-state index contributed by atoms with van der Waals surface area (Å²) in [6.45, 7) is 7.08. The monoisotopic (exact) mass is 362 g/mol. The largest absolute Gasteiger partial charge is 0.470 e. The molecule has 0 aliphatic carbocycles. The SMILES string of the molecule is CCC(CC)(CCOP(=O)(O)O)C(CC)(CC)OP(=O)(O)O. The fraction of sp³-hybridized carbons (Fsp3) is 1.00. The molecule has 0 aromatic rings. The standard InChI is InChI=1S/C12H28O8P2/c1-5-11(6-2,9-10-19-21(13,14)15)12(7-3,8-4)20-22(16,17)18/h5-10H2,1-4H3,(H2,13,14,15)(H2,16,17,18). The van der Waals surface area contributed by atoms with Gasteiger partial charge in [0, 0.05) is 5.41 Å². The lowest BCUT2D eigenvalue weighted by atomic mass is 9.64. The lowest BCUT2D eigenvalue weighted by Gasteiger charge is -2.49. The quantitative estimate of drug-likeness (QED) is 0.412. The third-order valence-corrected chi connectivity index (χ3v) is 5.70. The molecular formula is C12H28O8P2. The van der Waals surface area contributed by atoms with Crippen molar-refractivity contribution in [3.63, 3.8) is 0 Å². The topological polar surface area (TPSA) is 134 Å². The van der Waals surface area contributed by atoms with Crippen LogP contribution in [0.5, 0.6) is 0 Å². The Bertz CT molecular complexity index is 419. The van der Waals surface area contributed by atoms with Gasteiger partial charge < -0.3 is 19.6 Å². The van der Waals surface area contributed by atoms with Crippen LogP contribution in [0.1, 0.15) is 59.8 Å². The third kappa shape index (κ3) is 6.02. The van der Waals surface area contributed by atoms with Crippen molar-refractivity contribution < 1.29 is 37.8 Å². The minimum absolute atomic E-state index is 0.210. The van der Waals surface area contributed by atoms with Crippen molar-refractivity contribution >= 4 is 15.6 Å². The molecule has 134 valence electrons. The molecule has 0 fully saturated rings. The van der Waals surface area contributed by atoms with Gasteiger partial charge in [0.15, 0.2) is 0 Å². The predicted octanol–water partition coefficient (Wildman–Crippen LogP) is 2.96. The Hall–Kier alpha value is 0.220. The maximum absolute atomic E-state index is 11.4. The fourth-order valence-electron chi connectivity index (χ4n) is 3.29. The number of rotatable bonds is 11. The summed E-state index contributed by atoms with van der Waals surface area (Å²) >= 11 is 0. The lowest BCUT2D eigenvalue weighted by molar-refractivity contribution is -0.0986. The van der Waals surface area contributed by atoms with Gasteiger partial charge in [-0.1, -0.05) is 27.7 Å². The van der Waals surface area contributed by atoms with Crippen LogP contribution in [0.4, 0.5) is 0 Å². The summed E-state index contributed by atoms with van der Waals surface area (Å²) in [6.07, 6.45) is 2.04. The molecule has 0 unspecified atom stereocenters. The summed E-state index contributed by atoms with van der Waals surface area (Å²) in [4.78, 5) is 36.1. The molecule has 10 heteroatoms. The second kappa shape index (κ2) is 8.36. The van der Waals surface area contributed by atoms with E-state index < -0.39 is 26.7 Å². The molecule has 0 aromatic heterocycles.